The van der Waals surface area contributed by atoms with E-state index >= 15 is 0 Å². The van der Waals surface area contributed by atoms with Crippen molar-refractivity contribution in [2.24, 2.45) is 5.92 Å². The number of nitrogens with one attached hydrogen (secondary N) is 2. The Labute approximate surface area is 120 Å². The highest BCUT2D eigenvalue weighted by atomic mass is 19.1. The van der Waals surface area contributed by atoms with Gasteiger partial charge in [0.1, 0.15) is 5.82 Å². The van der Waals surface area contributed by atoms with Crippen molar-refractivity contribution in [1.82, 2.24) is 10.6 Å². The molecule has 0 bridgehead atoms. The Balaban J connectivity index is 1.93. The van der Waals surface area contributed by atoms with E-state index in [0.29, 0.717) is 5.92 Å². The highest BCUT2D eigenvalue weighted by molar-refractivity contribution is 5.82. The number of hydrogen-bond acceptors (Lipinski definition) is 2. The summed E-state index contributed by atoms with van der Waals surface area (Å²) in [6.07, 6.45) is 3.14. The molecular weight excluding hydrogens is 255 g/mol. The molecule has 0 aliphatic carbocycles. The maximum atomic E-state index is 13.2. The lowest BCUT2D eigenvalue weighted by Gasteiger charge is -2.29. The first kappa shape index (κ1) is 15.0. The quantitative estimate of drug-likeness (QED) is 0.889. The molecule has 2 unspecified atom stereocenters. The van der Waals surface area contributed by atoms with Gasteiger partial charge in [0.05, 0.1) is 12.1 Å². The largest absolute Gasteiger partial charge is 0.348 e. The third-order valence-electron chi connectivity index (χ3n) is 4.11. The van der Waals surface area contributed by atoms with Gasteiger partial charge < -0.3 is 10.6 Å². The molecule has 0 aromatic heterocycles. The minimum Gasteiger partial charge on any atom is -0.348 e. The normalized spacial score (nSPS) is 24.1. The number of rotatable bonds is 4. The summed E-state index contributed by atoms with van der Waals surface area (Å²) in [6.45, 7) is 4.94. The van der Waals surface area contributed by atoms with E-state index in [1.54, 1.807) is 6.07 Å². The molecular formula is C16H23FN2O. The molecule has 1 aliphatic heterocycles. The van der Waals surface area contributed by atoms with E-state index in [9.17, 15) is 9.18 Å². The van der Waals surface area contributed by atoms with Gasteiger partial charge in [0.25, 0.3) is 0 Å². The third-order valence-corrected chi connectivity index (χ3v) is 4.11. The van der Waals surface area contributed by atoms with Gasteiger partial charge in [0, 0.05) is 0 Å². The maximum absolute atomic E-state index is 13.2. The second-order valence-corrected chi connectivity index (χ2v) is 5.59. The molecule has 1 fully saturated rings. The van der Waals surface area contributed by atoms with Gasteiger partial charge >= 0.3 is 0 Å². The molecule has 20 heavy (non-hydrogen) atoms. The Morgan fingerprint density at radius 1 is 1.55 bits per heavy atom. The van der Waals surface area contributed by atoms with Crippen LogP contribution < -0.4 is 10.6 Å². The zero-order valence-electron chi connectivity index (χ0n) is 12.2. The van der Waals surface area contributed by atoms with Gasteiger partial charge in [-0.25, -0.2) is 4.39 Å². The predicted octanol–water partition coefficient (Wildman–Crippen LogP) is 2.78. The summed E-state index contributed by atoms with van der Waals surface area (Å²) in [5, 5.41) is 6.23. The van der Waals surface area contributed by atoms with Crippen molar-refractivity contribution in [1.29, 1.82) is 0 Å². The summed E-state index contributed by atoms with van der Waals surface area (Å²) in [6, 6.07) is 6.07. The number of benzene rings is 1. The van der Waals surface area contributed by atoms with Crippen molar-refractivity contribution in [3.63, 3.8) is 0 Å². The van der Waals surface area contributed by atoms with Crippen LogP contribution in [0, 0.1) is 11.7 Å². The van der Waals surface area contributed by atoms with Crippen LogP contribution in [-0.2, 0) is 4.79 Å². The van der Waals surface area contributed by atoms with Gasteiger partial charge in [-0.1, -0.05) is 25.5 Å². The van der Waals surface area contributed by atoms with E-state index in [2.05, 4.69) is 17.6 Å². The van der Waals surface area contributed by atoms with Crippen molar-refractivity contribution in [3.05, 3.63) is 35.6 Å². The number of hydrogen-bond donors (Lipinski definition) is 2. The summed E-state index contributed by atoms with van der Waals surface area (Å²) in [7, 11) is 0. The minimum absolute atomic E-state index is 0.0138. The third kappa shape index (κ3) is 3.79. The monoisotopic (exact) mass is 278 g/mol. The molecule has 1 aromatic rings. The van der Waals surface area contributed by atoms with Crippen LogP contribution in [0.4, 0.5) is 4.39 Å². The molecule has 0 radical (unpaired) electrons. The van der Waals surface area contributed by atoms with E-state index in [0.717, 1.165) is 31.4 Å². The molecule has 1 aliphatic rings. The summed E-state index contributed by atoms with van der Waals surface area (Å²) in [5.74, 6) is 0.363. The maximum Gasteiger partial charge on any atom is 0.237 e. The second kappa shape index (κ2) is 6.84. The molecule has 3 nitrogen and oxygen atoms in total. The first-order valence-corrected chi connectivity index (χ1v) is 7.39. The van der Waals surface area contributed by atoms with Crippen molar-refractivity contribution in [2.75, 3.05) is 6.54 Å². The standard InChI is InChI=1S/C16H23FN2O/c1-3-12-7-8-18-15(9-12)16(20)19-11(2)13-5-4-6-14(17)10-13/h4-6,10-12,15,18H,3,7-9H2,1-2H3,(H,19,20)/t11-,12?,15?/m1/s1. The van der Waals surface area contributed by atoms with Gasteiger partial charge in [-0.2, -0.15) is 0 Å². The minimum atomic E-state index is -0.273. The molecule has 1 amide bonds. The van der Waals surface area contributed by atoms with Crippen LogP contribution in [0.5, 0.6) is 0 Å². The van der Waals surface area contributed by atoms with E-state index in [1.165, 1.54) is 12.1 Å². The predicted molar refractivity (Wildman–Crippen MR) is 77.8 cm³/mol. The van der Waals surface area contributed by atoms with Gasteiger partial charge in [0.15, 0.2) is 0 Å². The summed E-state index contributed by atoms with van der Waals surface area (Å²) in [5.41, 5.74) is 0.793. The SMILES string of the molecule is CCC1CCNC(C(=O)N[C@H](C)c2cccc(F)c2)C1. The van der Waals surface area contributed by atoms with Crippen molar-refractivity contribution in [2.45, 2.75) is 45.2 Å². The smallest absolute Gasteiger partial charge is 0.237 e. The van der Waals surface area contributed by atoms with Crippen molar-refractivity contribution in [3.8, 4) is 0 Å². The Morgan fingerprint density at radius 3 is 3.05 bits per heavy atom. The van der Waals surface area contributed by atoms with Crippen LogP contribution in [0.25, 0.3) is 0 Å². The highest BCUT2D eigenvalue weighted by Gasteiger charge is 2.26. The van der Waals surface area contributed by atoms with Crippen LogP contribution in [0.1, 0.15) is 44.7 Å². The topological polar surface area (TPSA) is 41.1 Å². The van der Waals surface area contributed by atoms with Crippen molar-refractivity contribution >= 4 is 5.91 Å². The Morgan fingerprint density at radius 2 is 2.35 bits per heavy atom. The summed E-state index contributed by atoms with van der Waals surface area (Å²) >= 11 is 0. The van der Waals surface area contributed by atoms with Gasteiger partial charge in [-0.15, -0.1) is 0 Å². The summed E-state index contributed by atoms with van der Waals surface area (Å²) in [4.78, 5) is 12.3. The Bertz CT molecular complexity index is 464. The lowest BCUT2D eigenvalue weighted by Crippen LogP contribution is -2.49. The molecule has 1 aromatic carbocycles. The number of piperidine rings is 1. The zero-order chi connectivity index (χ0) is 14.5. The van der Waals surface area contributed by atoms with Gasteiger partial charge in [0.2, 0.25) is 5.91 Å². The molecule has 1 saturated heterocycles. The lowest BCUT2D eigenvalue weighted by molar-refractivity contribution is -0.124. The van der Waals surface area contributed by atoms with Crippen LogP contribution in [0.2, 0.25) is 0 Å². The first-order valence-electron chi connectivity index (χ1n) is 7.39. The number of carbonyl (C=O) groups excluding carboxylic acids is 1. The van der Waals surface area contributed by atoms with Crippen LogP contribution in [-0.4, -0.2) is 18.5 Å². The van der Waals surface area contributed by atoms with Gasteiger partial charge in [-0.05, 0) is 49.9 Å². The molecule has 2 N–H and O–H groups in total. The Hall–Kier alpha value is -1.42. The van der Waals surface area contributed by atoms with E-state index in [4.69, 9.17) is 0 Å². The van der Waals surface area contributed by atoms with E-state index in [1.807, 2.05) is 13.0 Å². The van der Waals surface area contributed by atoms with Gasteiger partial charge in [-0.3, -0.25) is 4.79 Å². The van der Waals surface area contributed by atoms with Crippen LogP contribution >= 0.6 is 0 Å². The average molecular weight is 278 g/mol. The molecule has 3 atom stereocenters. The Kier molecular flexibility index (Phi) is 5.12. The first-order chi connectivity index (χ1) is 9.60. The average Bonchev–Trinajstić information content (AvgIpc) is 2.47. The molecule has 0 spiro atoms. The molecule has 2 rings (SSSR count). The molecule has 1 heterocycles. The van der Waals surface area contributed by atoms with E-state index in [-0.39, 0.29) is 23.8 Å². The molecule has 4 heteroatoms. The fourth-order valence-corrected chi connectivity index (χ4v) is 2.74. The van der Waals surface area contributed by atoms with E-state index < -0.39 is 0 Å². The van der Waals surface area contributed by atoms with Crippen molar-refractivity contribution < 1.29 is 9.18 Å². The second-order valence-electron chi connectivity index (χ2n) is 5.59. The number of halogens is 1. The fraction of sp³-hybridized carbons (Fsp3) is 0.562. The highest BCUT2D eigenvalue weighted by Crippen LogP contribution is 2.20. The number of carbonyl (C=O) groups is 1. The zero-order valence-corrected chi connectivity index (χ0v) is 12.2. The lowest BCUT2D eigenvalue weighted by atomic mass is 9.90. The fourth-order valence-electron chi connectivity index (χ4n) is 2.74. The van der Waals surface area contributed by atoms with Crippen LogP contribution in [0.15, 0.2) is 24.3 Å². The summed E-state index contributed by atoms with van der Waals surface area (Å²) < 4.78 is 13.2. The van der Waals surface area contributed by atoms with Crippen LogP contribution in [0.3, 0.4) is 0 Å². The molecule has 0 saturated carbocycles. The molecule has 110 valence electrons. The number of amides is 1.